The lowest BCUT2D eigenvalue weighted by Crippen LogP contribution is -2.29. The molecule has 5 rings (SSSR count). The maximum Gasteiger partial charge on any atom is 0.145 e. The lowest BCUT2D eigenvalue weighted by Gasteiger charge is -2.19. The average molecular weight is 447 g/mol. The predicted molar refractivity (Wildman–Crippen MR) is 130 cm³/mol. The second-order valence-corrected chi connectivity index (χ2v) is 8.96. The minimum absolute atomic E-state index is 0.00790. The van der Waals surface area contributed by atoms with Gasteiger partial charge in [-0.15, -0.1) is 0 Å². The molecule has 8 nitrogen and oxygen atoms in total. The van der Waals surface area contributed by atoms with Crippen LogP contribution in [0.3, 0.4) is 0 Å². The number of pyridine rings is 1. The Morgan fingerprint density at radius 1 is 1.12 bits per heavy atom. The summed E-state index contributed by atoms with van der Waals surface area (Å²) in [5, 5.41) is 27.0. The highest BCUT2D eigenvalue weighted by Crippen LogP contribution is 2.40. The number of anilines is 2. The van der Waals surface area contributed by atoms with Crippen molar-refractivity contribution in [3.05, 3.63) is 54.5 Å². The molecule has 1 aromatic carbocycles. The molecule has 0 unspecified atom stereocenters. The van der Waals surface area contributed by atoms with Crippen LogP contribution in [-0.4, -0.2) is 48.5 Å². The van der Waals surface area contributed by atoms with E-state index in [9.17, 15) is 10.2 Å². The number of aromatic nitrogens is 4. The quantitative estimate of drug-likeness (QED) is 0.344. The van der Waals surface area contributed by atoms with E-state index < -0.39 is 12.2 Å². The van der Waals surface area contributed by atoms with Crippen molar-refractivity contribution in [3.63, 3.8) is 0 Å². The number of nitrogens with zero attached hydrogens (tertiary/aromatic N) is 4. The van der Waals surface area contributed by atoms with Crippen molar-refractivity contribution in [2.75, 3.05) is 17.6 Å². The molecule has 4 aromatic rings. The zero-order chi connectivity index (χ0) is 22.9. The van der Waals surface area contributed by atoms with Gasteiger partial charge in [0, 0.05) is 18.1 Å². The molecule has 4 atom stereocenters. The highest BCUT2D eigenvalue weighted by molar-refractivity contribution is 5.87. The van der Waals surface area contributed by atoms with Crippen LogP contribution in [0.1, 0.15) is 37.8 Å². The number of aryl methyl sites for hydroxylation is 1. The third kappa shape index (κ3) is 4.12. The molecule has 3 heterocycles. The normalized spacial score (nSPS) is 22.9. The number of rotatable bonds is 7. The van der Waals surface area contributed by atoms with Crippen molar-refractivity contribution in [1.29, 1.82) is 0 Å². The predicted octanol–water partition coefficient (Wildman–Crippen LogP) is 3.30. The van der Waals surface area contributed by atoms with Crippen molar-refractivity contribution in [2.24, 2.45) is 5.92 Å². The first-order valence-electron chi connectivity index (χ1n) is 11.6. The van der Waals surface area contributed by atoms with Gasteiger partial charge >= 0.3 is 0 Å². The maximum atomic E-state index is 10.9. The van der Waals surface area contributed by atoms with Crippen LogP contribution >= 0.6 is 0 Å². The van der Waals surface area contributed by atoms with E-state index in [1.54, 1.807) is 12.4 Å². The van der Waals surface area contributed by atoms with E-state index in [1.807, 2.05) is 22.9 Å². The van der Waals surface area contributed by atoms with Crippen molar-refractivity contribution >= 4 is 33.6 Å². The van der Waals surface area contributed by atoms with Crippen LogP contribution in [0.5, 0.6) is 0 Å². The molecule has 0 saturated heterocycles. The van der Waals surface area contributed by atoms with E-state index in [-0.39, 0.29) is 12.0 Å². The number of benzene rings is 1. The Morgan fingerprint density at radius 3 is 2.82 bits per heavy atom. The average Bonchev–Trinajstić information content (AvgIpc) is 3.37. The number of hydrogen-bond acceptors (Lipinski definition) is 7. The van der Waals surface area contributed by atoms with Crippen LogP contribution in [0.2, 0.25) is 0 Å². The Kier molecular flexibility index (Phi) is 5.86. The zero-order valence-corrected chi connectivity index (χ0v) is 18.7. The third-order valence-electron chi connectivity index (χ3n) is 6.76. The largest absolute Gasteiger partial charge is 0.390 e. The van der Waals surface area contributed by atoms with Crippen LogP contribution in [0, 0.1) is 5.92 Å². The van der Waals surface area contributed by atoms with E-state index in [0.717, 1.165) is 59.1 Å². The molecule has 0 spiro atoms. The van der Waals surface area contributed by atoms with E-state index in [2.05, 4.69) is 45.4 Å². The second kappa shape index (κ2) is 8.96. The summed E-state index contributed by atoms with van der Waals surface area (Å²) in [5.41, 5.74) is 8.63. The second-order valence-electron chi connectivity index (χ2n) is 8.96. The Hall–Kier alpha value is -3.23. The van der Waals surface area contributed by atoms with Gasteiger partial charge in [0.05, 0.1) is 23.0 Å². The van der Waals surface area contributed by atoms with Crippen LogP contribution in [0.4, 0.5) is 11.6 Å². The summed E-state index contributed by atoms with van der Waals surface area (Å²) < 4.78 is 1.99. The number of nitrogens with one attached hydrogen (secondary N) is 1. The summed E-state index contributed by atoms with van der Waals surface area (Å²) in [6.45, 7) is 2.94. The summed E-state index contributed by atoms with van der Waals surface area (Å²) in [5.74, 6) is 1.30. The van der Waals surface area contributed by atoms with Crippen molar-refractivity contribution in [1.82, 2.24) is 19.5 Å². The van der Waals surface area contributed by atoms with Crippen LogP contribution < -0.4 is 11.1 Å². The van der Waals surface area contributed by atoms with Gasteiger partial charge in [-0.2, -0.15) is 0 Å². The van der Waals surface area contributed by atoms with Gasteiger partial charge in [0.15, 0.2) is 0 Å². The first-order valence-corrected chi connectivity index (χ1v) is 11.6. The SMILES string of the molecule is CCCNc1ncnc2c1ccn2[C@@H]1C[C@H](CCc2ccc3ccc(N)nc3c2)[C@@H](O)[C@H]1O. The van der Waals surface area contributed by atoms with Crippen LogP contribution in [0.25, 0.3) is 21.9 Å². The molecule has 33 heavy (non-hydrogen) atoms. The minimum Gasteiger partial charge on any atom is -0.390 e. The van der Waals surface area contributed by atoms with Gasteiger partial charge in [0.1, 0.15) is 29.7 Å². The standard InChI is InChI=1S/C25H30N6O2/c1-2-10-27-24-18-9-11-31(25(18)29-14-28-24)20-13-17(22(32)23(20)33)6-4-15-3-5-16-7-8-21(26)30-19(16)12-15/h3,5,7-9,11-12,14,17,20,22-23,32-33H,2,4,6,10,13H2,1H3,(H2,26,30)(H,27,28,29)/t17-,20+,22+,23-/m0/s1. The molecule has 8 heteroatoms. The van der Waals surface area contributed by atoms with E-state index >= 15 is 0 Å². The number of fused-ring (bicyclic) bond motifs is 2. The van der Waals surface area contributed by atoms with Gasteiger partial charge < -0.3 is 25.8 Å². The lowest BCUT2D eigenvalue weighted by molar-refractivity contribution is 0.00545. The Morgan fingerprint density at radius 2 is 1.97 bits per heavy atom. The topological polar surface area (TPSA) is 122 Å². The number of nitrogen functional groups attached to an aromatic ring is 1. The fourth-order valence-corrected chi connectivity index (χ4v) is 4.97. The zero-order valence-electron chi connectivity index (χ0n) is 18.7. The summed E-state index contributed by atoms with van der Waals surface area (Å²) in [6, 6.07) is 11.7. The molecule has 0 aliphatic heterocycles. The first-order chi connectivity index (χ1) is 16.0. The summed E-state index contributed by atoms with van der Waals surface area (Å²) in [4.78, 5) is 13.2. The molecule has 172 valence electrons. The Labute approximate surface area is 192 Å². The van der Waals surface area contributed by atoms with Crippen molar-refractivity contribution < 1.29 is 10.2 Å². The Bertz CT molecular complexity index is 1270. The van der Waals surface area contributed by atoms with Gasteiger partial charge in [-0.3, -0.25) is 0 Å². The van der Waals surface area contributed by atoms with Gasteiger partial charge in [0.2, 0.25) is 0 Å². The third-order valence-corrected chi connectivity index (χ3v) is 6.76. The molecule has 0 amide bonds. The monoisotopic (exact) mass is 446 g/mol. The van der Waals surface area contributed by atoms with Crippen LogP contribution in [-0.2, 0) is 6.42 Å². The van der Waals surface area contributed by atoms with Gasteiger partial charge in [-0.25, -0.2) is 15.0 Å². The fourth-order valence-electron chi connectivity index (χ4n) is 4.97. The molecule has 3 aromatic heterocycles. The van der Waals surface area contributed by atoms with Gasteiger partial charge in [-0.05, 0) is 61.4 Å². The molecular formula is C25H30N6O2. The van der Waals surface area contributed by atoms with Crippen molar-refractivity contribution in [2.45, 2.75) is 50.9 Å². The summed E-state index contributed by atoms with van der Waals surface area (Å²) >= 11 is 0. The Balaban J connectivity index is 1.32. The molecule has 1 saturated carbocycles. The number of hydrogen-bond donors (Lipinski definition) is 4. The molecular weight excluding hydrogens is 416 g/mol. The van der Waals surface area contributed by atoms with Gasteiger partial charge in [-0.1, -0.05) is 19.1 Å². The number of aliphatic hydroxyl groups excluding tert-OH is 2. The van der Waals surface area contributed by atoms with Crippen molar-refractivity contribution in [3.8, 4) is 0 Å². The molecule has 1 aliphatic carbocycles. The van der Waals surface area contributed by atoms with Crippen LogP contribution in [0.15, 0.2) is 48.9 Å². The lowest BCUT2D eigenvalue weighted by atomic mass is 9.95. The highest BCUT2D eigenvalue weighted by atomic mass is 16.3. The molecule has 5 N–H and O–H groups in total. The molecule has 1 fully saturated rings. The summed E-state index contributed by atoms with van der Waals surface area (Å²) in [6.07, 6.45) is 5.14. The number of nitrogens with two attached hydrogens (primary N) is 1. The highest BCUT2D eigenvalue weighted by Gasteiger charge is 2.42. The minimum atomic E-state index is -0.842. The molecule has 0 radical (unpaired) electrons. The van der Waals surface area contributed by atoms with Gasteiger partial charge in [0.25, 0.3) is 0 Å². The van der Waals surface area contributed by atoms with E-state index in [4.69, 9.17) is 5.73 Å². The first kappa shape index (κ1) is 21.6. The fraction of sp³-hybridized carbons (Fsp3) is 0.400. The number of aliphatic hydroxyl groups is 2. The maximum absolute atomic E-state index is 10.9. The smallest absolute Gasteiger partial charge is 0.145 e. The van der Waals surface area contributed by atoms with E-state index in [0.29, 0.717) is 12.2 Å². The molecule has 1 aliphatic rings. The van der Waals surface area contributed by atoms with E-state index in [1.165, 1.54) is 0 Å². The molecule has 0 bridgehead atoms. The summed E-state index contributed by atoms with van der Waals surface area (Å²) in [7, 11) is 0.